The molecule has 6 atom stereocenters. The van der Waals surface area contributed by atoms with Crippen LogP contribution in [0.3, 0.4) is 0 Å². The molecule has 0 aromatic heterocycles. The lowest BCUT2D eigenvalue weighted by Gasteiger charge is -2.50. The van der Waals surface area contributed by atoms with E-state index in [-0.39, 0.29) is 41.9 Å². The number of imide groups is 2. The van der Waals surface area contributed by atoms with Crippen LogP contribution in [-0.4, -0.2) is 43.0 Å². The zero-order valence-corrected chi connectivity index (χ0v) is 30.0. The minimum absolute atomic E-state index is 0.114. The van der Waals surface area contributed by atoms with Gasteiger partial charge < -0.3 is 14.6 Å². The molecule has 2 saturated heterocycles. The Morgan fingerprint density at radius 1 is 0.769 bits per heavy atom. The van der Waals surface area contributed by atoms with Crippen molar-refractivity contribution in [1.29, 1.82) is 0 Å². The number of halogens is 2. The van der Waals surface area contributed by atoms with Crippen LogP contribution in [-0.2, 0) is 24.6 Å². The van der Waals surface area contributed by atoms with E-state index < -0.39 is 46.8 Å². The van der Waals surface area contributed by atoms with Gasteiger partial charge in [0.05, 0.1) is 48.8 Å². The van der Waals surface area contributed by atoms with Crippen molar-refractivity contribution in [2.45, 2.75) is 31.1 Å². The molecule has 1 saturated carbocycles. The number of phenols is 1. The van der Waals surface area contributed by atoms with Crippen LogP contribution in [0.5, 0.6) is 17.2 Å². The molecule has 8 rings (SSSR count). The highest BCUT2D eigenvalue weighted by Crippen LogP contribution is 2.65. The summed E-state index contributed by atoms with van der Waals surface area (Å²) in [6.45, 7) is 1.84. The fourth-order valence-corrected chi connectivity index (χ4v) is 9.53. The number of benzene rings is 4. The first-order chi connectivity index (χ1) is 25.0. The topological polar surface area (TPSA) is 113 Å². The number of carbonyl (C=O) groups is 4. The summed E-state index contributed by atoms with van der Waals surface area (Å²) < 4.78 is 11.2. The third-order valence-corrected chi connectivity index (χ3v) is 12.1. The molecule has 3 fully saturated rings. The van der Waals surface area contributed by atoms with Gasteiger partial charge in [-0.15, -0.1) is 0 Å². The second-order valence-corrected chi connectivity index (χ2v) is 14.7. The molecule has 6 unspecified atom stereocenters. The van der Waals surface area contributed by atoms with Gasteiger partial charge in [0.15, 0.2) is 11.5 Å². The van der Waals surface area contributed by atoms with Crippen LogP contribution in [0.25, 0.3) is 0 Å². The molecule has 0 radical (unpaired) electrons. The first-order valence-electron chi connectivity index (χ1n) is 17.0. The number of anilines is 2. The number of methoxy groups -OCH3 is 2. The molecule has 4 aromatic carbocycles. The van der Waals surface area contributed by atoms with E-state index in [0.29, 0.717) is 32.5 Å². The van der Waals surface area contributed by atoms with Gasteiger partial charge in [-0.25, -0.2) is 9.80 Å². The van der Waals surface area contributed by atoms with Gasteiger partial charge in [0.25, 0.3) is 0 Å². The summed E-state index contributed by atoms with van der Waals surface area (Å²) in [4.78, 5) is 61.5. The maximum absolute atomic E-state index is 15.4. The lowest BCUT2D eigenvalue weighted by Crippen LogP contribution is -2.53. The summed E-state index contributed by atoms with van der Waals surface area (Å²) in [5.74, 6) is -5.43. The van der Waals surface area contributed by atoms with Crippen molar-refractivity contribution < 1.29 is 33.8 Å². The second-order valence-electron chi connectivity index (χ2n) is 13.8. The molecule has 264 valence electrons. The number of nitrogens with zero attached hydrogens (tertiary/aromatic N) is 2. The Morgan fingerprint density at radius 2 is 1.46 bits per heavy atom. The van der Waals surface area contributed by atoms with Gasteiger partial charge in [-0.2, -0.15) is 0 Å². The van der Waals surface area contributed by atoms with Crippen molar-refractivity contribution in [1.82, 2.24) is 0 Å². The molecule has 0 bridgehead atoms. The predicted octanol–water partition coefficient (Wildman–Crippen LogP) is 7.39. The van der Waals surface area contributed by atoms with Crippen molar-refractivity contribution in [3.63, 3.8) is 0 Å². The summed E-state index contributed by atoms with van der Waals surface area (Å²) >= 11 is 12.9. The molecule has 4 amide bonds. The number of aromatic hydroxyl groups is 1. The summed E-state index contributed by atoms with van der Waals surface area (Å²) in [6.07, 6.45) is 2.35. The average Bonchev–Trinajstić information content (AvgIpc) is 3.54. The normalized spacial score (nSPS) is 26.6. The fourth-order valence-electron chi connectivity index (χ4n) is 9.17. The molecule has 2 heterocycles. The molecule has 2 aliphatic heterocycles. The largest absolute Gasteiger partial charge is 0.502 e. The van der Waals surface area contributed by atoms with E-state index in [1.165, 1.54) is 24.0 Å². The van der Waals surface area contributed by atoms with E-state index in [9.17, 15) is 19.5 Å². The van der Waals surface area contributed by atoms with E-state index in [1.54, 1.807) is 54.6 Å². The SMILES string of the molecule is COc1cc(C2C3=CCC4C(=O)N(c5ccc(C)c(Cl)c5)C(=O)C4C3CC3C(=O)N(c4cccc(Cl)c4)C(=O)C32c2ccccc2)cc(OC)c1O. The van der Waals surface area contributed by atoms with E-state index in [0.717, 1.165) is 11.1 Å². The zero-order chi connectivity index (χ0) is 36.6. The number of allylic oxidation sites excluding steroid dienone is 2. The van der Waals surface area contributed by atoms with Gasteiger partial charge in [-0.05, 0) is 84.8 Å². The maximum Gasteiger partial charge on any atom is 0.246 e. The monoisotopic (exact) mass is 736 g/mol. The van der Waals surface area contributed by atoms with Gasteiger partial charge in [-0.1, -0.05) is 77.3 Å². The van der Waals surface area contributed by atoms with Gasteiger partial charge >= 0.3 is 0 Å². The number of amides is 4. The molecule has 4 aromatic rings. The summed E-state index contributed by atoms with van der Waals surface area (Å²) in [5, 5.41) is 11.8. The lowest BCUT2D eigenvalue weighted by atomic mass is 9.49. The minimum atomic E-state index is -1.50. The molecular formula is C41H34Cl2N2O7. The van der Waals surface area contributed by atoms with Crippen LogP contribution in [0, 0.1) is 30.6 Å². The van der Waals surface area contributed by atoms with Gasteiger partial charge in [0.1, 0.15) is 0 Å². The zero-order valence-electron chi connectivity index (χ0n) is 28.5. The van der Waals surface area contributed by atoms with Crippen LogP contribution >= 0.6 is 23.2 Å². The van der Waals surface area contributed by atoms with E-state index >= 15 is 4.79 Å². The smallest absolute Gasteiger partial charge is 0.246 e. The number of phenolic OH excluding ortho intramolecular Hbond substituents is 1. The van der Waals surface area contributed by atoms with Gasteiger partial charge in [0, 0.05) is 16.0 Å². The van der Waals surface area contributed by atoms with Gasteiger partial charge in [-0.3, -0.25) is 19.2 Å². The second kappa shape index (κ2) is 12.5. The number of carbonyl (C=O) groups excluding carboxylic acids is 4. The van der Waals surface area contributed by atoms with Crippen LogP contribution < -0.4 is 19.3 Å². The minimum Gasteiger partial charge on any atom is -0.502 e. The Morgan fingerprint density at radius 3 is 2.12 bits per heavy atom. The highest BCUT2D eigenvalue weighted by molar-refractivity contribution is 6.33. The van der Waals surface area contributed by atoms with Crippen LogP contribution in [0.4, 0.5) is 11.4 Å². The number of rotatable bonds is 6. The predicted molar refractivity (Wildman–Crippen MR) is 196 cm³/mol. The highest BCUT2D eigenvalue weighted by Gasteiger charge is 2.70. The van der Waals surface area contributed by atoms with Crippen LogP contribution in [0.2, 0.25) is 10.0 Å². The number of fused-ring (bicyclic) bond motifs is 4. The standard InChI is InChI=1S/C41H34Cl2N2O7/c1-21-12-13-26(19-31(21)43)44-37(47)28-15-14-27-29(34(28)39(44)49)20-30-38(48)45(25-11-7-10-24(42)18-25)40(50)41(30,23-8-5-4-6-9-23)35(27)22-16-32(51-2)36(46)33(17-22)52-3/h4-14,16-19,28-30,34-35,46H,15,20H2,1-3H3. The van der Waals surface area contributed by atoms with E-state index in [4.69, 9.17) is 32.7 Å². The lowest BCUT2D eigenvalue weighted by molar-refractivity contribution is -0.127. The van der Waals surface area contributed by atoms with Gasteiger partial charge in [0.2, 0.25) is 29.4 Å². The van der Waals surface area contributed by atoms with Crippen molar-refractivity contribution >= 4 is 58.2 Å². The molecule has 9 nitrogen and oxygen atoms in total. The van der Waals surface area contributed by atoms with Crippen LogP contribution in [0.15, 0.2) is 96.6 Å². The highest BCUT2D eigenvalue weighted by atomic mass is 35.5. The molecule has 4 aliphatic rings. The average molecular weight is 738 g/mol. The molecule has 2 aliphatic carbocycles. The first-order valence-corrected chi connectivity index (χ1v) is 17.8. The Bertz CT molecular complexity index is 2200. The number of ether oxygens (including phenoxy) is 2. The third-order valence-electron chi connectivity index (χ3n) is 11.4. The van der Waals surface area contributed by atoms with Crippen LogP contribution in [0.1, 0.15) is 35.4 Å². The van der Waals surface area contributed by atoms with Crippen molar-refractivity contribution in [3.05, 3.63) is 123 Å². The quantitative estimate of drug-likeness (QED) is 0.162. The Hall–Kier alpha value is -5.12. The molecular weight excluding hydrogens is 703 g/mol. The summed E-state index contributed by atoms with van der Waals surface area (Å²) in [7, 11) is 2.84. The molecule has 52 heavy (non-hydrogen) atoms. The van der Waals surface area contributed by atoms with Crippen molar-refractivity contribution in [2.75, 3.05) is 24.0 Å². The number of aryl methyl sites for hydroxylation is 1. The summed E-state index contributed by atoms with van der Waals surface area (Å²) in [6, 6.07) is 24.2. The molecule has 0 spiro atoms. The Balaban J connectivity index is 1.38. The Kier molecular flexibility index (Phi) is 8.19. The number of hydrogen-bond acceptors (Lipinski definition) is 7. The van der Waals surface area contributed by atoms with Crippen molar-refractivity contribution in [2.24, 2.45) is 23.7 Å². The van der Waals surface area contributed by atoms with E-state index in [1.807, 2.05) is 43.3 Å². The number of hydrogen-bond donors (Lipinski definition) is 1. The summed E-state index contributed by atoms with van der Waals surface area (Å²) in [5.41, 5.74) is 1.95. The Labute approximate surface area is 310 Å². The fraction of sp³-hybridized carbons (Fsp3) is 0.268. The third kappa shape index (κ3) is 4.75. The maximum atomic E-state index is 15.4. The molecule has 1 N–H and O–H groups in total. The first kappa shape index (κ1) is 34.0. The molecule has 11 heteroatoms. The van der Waals surface area contributed by atoms with Crippen molar-refractivity contribution in [3.8, 4) is 17.2 Å². The van der Waals surface area contributed by atoms with E-state index in [2.05, 4.69) is 0 Å².